The average Bonchev–Trinajstić information content (AvgIpc) is 3.11. The zero-order valence-corrected chi connectivity index (χ0v) is 10.2. The smallest absolute Gasteiger partial charge is 0.264 e. The Morgan fingerprint density at radius 3 is 3.00 bits per heavy atom. The van der Waals surface area contributed by atoms with Crippen molar-refractivity contribution in [2.45, 2.75) is 25.4 Å². The fourth-order valence-electron chi connectivity index (χ4n) is 1.55. The van der Waals surface area contributed by atoms with Crippen molar-refractivity contribution in [3.8, 4) is 5.75 Å². The summed E-state index contributed by atoms with van der Waals surface area (Å²) in [5, 5.41) is 3.93. The molecular formula is C12H10ClFN2O2. The molecule has 1 aliphatic rings. The summed E-state index contributed by atoms with van der Waals surface area (Å²) in [7, 11) is 0. The molecule has 1 saturated carbocycles. The summed E-state index contributed by atoms with van der Waals surface area (Å²) in [6.45, 7) is 0.126. The van der Waals surface area contributed by atoms with Crippen molar-refractivity contribution in [3.05, 3.63) is 40.8 Å². The molecule has 0 radical (unpaired) electrons. The van der Waals surface area contributed by atoms with E-state index >= 15 is 0 Å². The van der Waals surface area contributed by atoms with Crippen LogP contribution in [-0.2, 0) is 6.61 Å². The van der Waals surface area contributed by atoms with Crippen LogP contribution in [0.15, 0.2) is 22.7 Å². The van der Waals surface area contributed by atoms with Gasteiger partial charge >= 0.3 is 0 Å². The molecule has 1 aromatic carbocycles. The van der Waals surface area contributed by atoms with E-state index in [9.17, 15) is 4.39 Å². The van der Waals surface area contributed by atoms with Crippen LogP contribution in [0.3, 0.4) is 0 Å². The maximum absolute atomic E-state index is 13.2. The van der Waals surface area contributed by atoms with Crippen LogP contribution in [0.5, 0.6) is 5.75 Å². The van der Waals surface area contributed by atoms with Gasteiger partial charge in [0, 0.05) is 12.0 Å². The van der Waals surface area contributed by atoms with Crippen molar-refractivity contribution in [1.82, 2.24) is 10.1 Å². The number of hydrogen-bond acceptors (Lipinski definition) is 4. The van der Waals surface area contributed by atoms with Crippen molar-refractivity contribution >= 4 is 11.6 Å². The molecule has 0 saturated heterocycles. The minimum Gasteiger partial charge on any atom is -0.484 e. The fourth-order valence-corrected chi connectivity index (χ4v) is 1.66. The Morgan fingerprint density at radius 1 is 1.44 bits per heavy atom. The first-order chi connectivity index (χ1) is 8.72. The molecule has 1 heterocycles. The molecule has 1 fully saturated rings. The Bertz CT molecular complexity index is 569. The molecule has 0 bridgehead atoms. The molecule has 2 aromatic rings. The van der Waals surface area contributed by atoms with Crippen LogP contribution in [0, 0.1) is 5.82 Å². The van der Waals surface area contributed by atoms with Crippen LogP contribution in [0.25, 0.3) is 0 Å². The van der Waals surface area contributed by atoms with Crippen LogP contribution >= 0.6 is 11.6 Å². The number of rotatable bonds is 4. The summed E-state index contributed by atoms with van der Waals surface area (Å²) in [5.41, 5.74) is 0. The molecule has 0 N–H and O–H groups in total. The fraction of sp³-hybridized carbons (Fsp3) is 0.333. The molecular weight excluding hydrogens is 259 g/mol. The lowest BCUT2D eigenvalue weighted by Gasteiger charge is -2.03. The number of nitrogens with zero attached hydrogens (tertiary/aromatic N) is 2. The Labute approximate surface area is 108 Å². The van der Waals surface area contributed by atoms with E-state index < -0.39 is 5.82 Å². The normalized spacial score (nSPS) is 14.8. The number of halogens is 2. The lowest BCUT2D eigenvalue weighted by atomic mass is 10.3. The molecule has 94 valence electrons. The number of aromatic nitrogens is 2. The third kappa shape index (κ3) is 2.46. The number of ether oxygens (including phenoxy) is 1. The van der Waals surface area contributed by atoms with Crippen molar-refractivity contribution in [3.63, 3.8) is 0 Å². The van der Waals surface area contributed by atoms with Gasteiger partial charge < -0.3 is 9.26 Å². The summed E-state index contributed by atoms with van der Waals surface area (Å²) >= 11 is 5.57. The third-order valence-electron chi connectivity index (χ3n) is 2.68. The van der Waals surface area contributed by atoms with E-state index in [4.69, 9.17) is 20.9 Å². The van der Waals surface area contributed by atoms with Crippen molar-refractivity contribution in [2.75, 3.05) is 0 Å². The molecule has 1 aromatic heterocycles. The van der Waals surface area contributed by atoms with Gasteiger partial charge in [-0.05, 0) is 25.0 Å². The van der Waals surface area contributed by atoms with E-state index in [2.05, 4.69) is 10.1 Å². The van der Waals surface area contributed by atoms with Gasteiger partial charge in [-0.2, -0.15) is 4.98 Å². The summed E-state index contributed by atoms with van der Waals surface area (Å²) in [6, 6.07) is 4.25. The highest BCUT2D eigenvalue weighted by Gasteiger charge is 2.28. The molecule has 1 aliphatic carbocycles. The third-order valence-corrected chi connectivity index (χ3v) is 2.99. The molecule has 0 aliphatic heterocycles. The van der Waals surface area contributed by atoms with Gasteiger partial charge in [0.2, 0.25) is 0 Å². The van der Waals surface area contributed by atoms with Gasteiger partial charge in [0.25, 0.3) is 5.89 Å². The summed E-state index contributed by atoms with van der Waals surface area (Å²) in [5.74, 6) is 1.43. The molecule has 4 nitrogen and oxygen atoms in total. The van der Waals surface area contributed by atoms with E-state index in [0.717, 1.165) is 18.7 Å². The van der Waals surface area contributed by atoms with Crippen LogP contribution < -0.4 is 4.74 Å². The first-order valence-electron chi connectivity index (χ1n) is 5.63. The second kappa shape index (κ2) is 4.57. The lowest BCUT2D eigenvalue weighted by molar-refractivity contribution is 0.241. The quantitative estimate of drug-likeness (QED) is 0.853. The number of benzene rings is 1. The first-order valence-corrected chi connectivity index (χ1v) is 6.00. The second-order valence-corrected chi connectivity index (χ2v) is 4.59. The van der Waals surface area contributed by atoms with Gasteiger partial charge in [0.15, 0.2) is 12.4 Å². The maximum Gasteiger partial charge on any atom is 0.264 e. The Hall–Kier alpha value is -1.62. The van der Waals surface area contributed by atoms with Gasteiger partial charge in [-0.25, -0.2) is 4.39 Å². The first kappa shape index (κ1) is 11.5. The predicted octanol–water partition coefficient (Wildman–Crippen LogP) is 3.32. The summed E-state index contributed by atoms with van der Waals surface area (Å²) in [4.78, 5) is 4.20. The van der Waals surface area contributed by atoms with Crippen LogP contribution in [0.2, 0.25) is 5.02 Å². The zero-order valence-electron chi connectivity index (χ0n) is 9.40. The van der Waals surface area contributed by atoms with Gasteiger partial charge in [0.05, 0.1) is 5.02 Å². The van der Waals surface area contributed by atoms with E-state index in [1.54, 1.807) is 6.07 Å². The van der Waals surface area contributed by atoms with Crippen LogP contribution in [-0.4, -0.2) is 10.1 Å². The monoisotopic (exact) mass is 268 g/mol. The highest BCUT2D eigenvalue weighted by molar-refractivity contribution is 6.30. The van der Waals surface area contributed by atoms with Gasteiger partial charge in [-0.1, -0.05) is 16.8 Å². The molecule has 3 rings (SSSR count). The van der Waals surface area contributed by atoms with Crippen molar-refractivity contribution in [1.29, 1.82) is 0 Å². The van der Waals surface area contributed by atoms with Gasteiger partial charge in [0.1, 0.15) is 11.6 Å². The minimum absolute atomic E-state index is 0.0659. The van der Waals surface area contributed by atoms with Gasteiger partial charge in [-0.3, -0.25) is 0 Å². The molecule has 0 unspecified atom stereocenters. The highest BCUT2D eigenvalue weighted by atomic mass is 35.5. The maximum atomic E-state index is 13.2. The molecule has 18 heavy (non-hydrogen) atoms. The largest absolute Gasteiger partial charge is 0.484 e. The van der Waals surface area contributed by atoms with E-state index in [1.165, 1.54) is 12.1 Å². The average molecular weight is 269 g/mol. The Kier molecular flexibility index (Phi) is 2.91. The zero-order chi connectivity index (χ0) is 12.5. The van der Waals surface area contributed by atoms with E-state index in [1.807, 2.05) is 0 Å². The second-order valence-electron chi connectivity index (χ2n) is 4.19. The van der Waals surface area contributed by atoms with Gasteiger partial charge in [-0.15, -0.1) is 0 Å². The molecule has 0 amide bonds. The topological polar surface area (TPSA) is 48.2 Å². The SMILES string of the molecule is Fc1cc(OCc2nc(C3CC3)no2)ccc1Cl. The standard InChI is InChI=1S/C12H10ClFN2O2/c13-9-4-3-8(5-10(9)14)17-6-11-15-12(16-18-11)7-1-2-7/h3-5,7H,1-2,6H2. The number of hydrogen-bond donors (Lipinski definition) is 0. The van der Waals surface area contributed by atoms with Crippen molar-refractivity contribution < 1.29 is 13.7 Å². The Morgan fingerprint density at radius 2 is 2.28 bits per heavy atom. The minimum atomic E-state index is -0.515. The highest BCUT2D eigenvalue weighted by Crippen LogP contribution is 2.38. The van der Waals surface area contributed by atoms with Crippen molar-refractivity contribution in [2.24, 2.45) is 0 Å². The van der Waals surface area contributed by atoms with E-state index in [0.29, 0.717) is 17.6 Å². The molecule has 0 atom stereocenters. The lowest BCUT2D eigenvalue weighted by Crippen LogP contribution is -1.96. The predicted molar refractivity (Wildman–Crippen MR) is 62.0 cm³/mol. The molecule has 6 heteroatoms. The molecule has 0 spiro atoms. The van der Waals surface area contributed by atoms with Crippen LogP contribution in [0.1, 0.15) is 30.5 Å². The summed E-state index contributed by atoms with van der Waals surface area (Å²) in [6.07, 6.45) is 2.23. The van der Waals surface area contributed by atoms with Crippen LogP contribution in [0.4, 0.5) is 4.39 Å². The Balaban J connectivity index is 1.63. The van der Waals surface area contributed by atoms with E-state index in [-0.39, 0.29) is 11.6 Å². The summed E-state index contributed by atoms with van der Waals surface area (Å²) < 4.78 is 23.5.